The summed E-state index contributed by atoms with van der Waals surface area (Å²) in [6.07, 6.45) is 7.57. The Bertz CT molecular complexity index is 609. The Morgan fingerprint density at radius 2 is 1.54 bits per heavy atom. The molecule has 26 heavy (non-hydrogen) atoms. The smallest absolute Gasteiger partial charge is 0.321 e. The summed E-state index contributed by atoms with van der Waals surface area (Å²) in [4.78, 5) is 26.7. The Labute approximate surface area is 155 Å². The van der Waals surface area contributed by atoms with Crippen molar-refractivity contribution in [3.05, 3.63) is 24.3 Å². The molecule has 142 valence electrons. The average molecular weight is 358 g/mol. The van der Waals surface area contributed by atoms with E-state index in [2.05, 4.69) is 10.6 Å². The highest BCUT2D eigenvalue weighted by Crippen LogP contribution is 2.32. The van der Waals surface area contributed by atoms with Crippen LogP contribution in [0.1, 0.15) is 44.9 Å². The standard InChI is InChI=1S/C20H30N4O2/c21-14-15-6-5-7-18(15)19(25)22-16-8-10-17(11-9-16)23-20(26)24-12-3-1-2-4-13-24/h8-11,15,18H,1-7,12-14,21H2,(H,22,25)(H,23,26)/t15-,18-/m1/s1. The molecule has 6 nitrogen and oxygen atoms in total. The molecule has 0 unspecified atom stereocenters. The predicted molar refractivity (Wildman–Crippen MR) is 104 cm³/mol. The van der Waals surface area contributed by atoms with Crippen LogP contribution in [0.5, 0.6) is 0 Å². The maximum Gasteiger partial charge on any atom is 0.321 e. The van der Waals surface area contributed by atoms with Crippen LogP contribution in [0.25, 0.3) is 0 Å². The van der Waals surface area contributed by atoms with Gasteiger partial charge in [-0.3, -0.25) is 4.79 Å². The lowest BCUT2D eigenvalue weighted by atomic mass is 9.95. The van der Waals surface area contributed by atoms with Gasteiger partial charge in [-0.15, -0.1) is 0 Å². The summed E-state index contributed by atoms with van der Waals surface area (Å²) in [6.45, 7) is 2.22. The zero-order chi connectivity index (χ0) is 18.4. The quantitative estimate of drug-likeness (QED) is 0.771. The van der Waals surface area contributed by atoms with Crippen molar-refractivity contribution < 1.29 is 9.59 Å². The SMILES string of the molecule is NC[C@H]1CCC[C@H]1C(=O)Nc1ccc(NC(=O)N2CCCCCC2)cc1. The van der Waals surface area contributed by atoms with Crippen LogP contribution in [-0.4, -0.2) is 36.5 Å². The number of carbonyl (C=O) groups is 2. The first-order chi connectivity index (χ1) is 12.7. The Morgan fingerprint density at radius 1 is 0.923 bits per heavy atom. The highest BCUT2D eigenvalue weighted by Gasteiger charge is 2.31. The number of amides is 3. The van der Waals surface area contributed by atoms with Crippen molar-refractivity contribution in [3.63, 3.8) is 0 Å². The Morgan fingerprint density at radius 3 is 2.15 bits per heavy atom. The number of nitrogens with two attached hydrogens (primary N) is 1. The maximum absolute atomic E-state index is 12.4. The number of carbonyl (C=O) groups excluding carboxylic acids is 2. The molecule has 1 heterocycles. The lowest BCUT2D eigenvalue weighted by molar-refractivity contribution is -0.120. The molecule has 1 aromatic carbocycles. The number of hydrogen-bond donors (Lipinski definition) is 3. The van der Waals surface area contributed by atoms with Crippen molar-refractivity contribution >= 4 is 23.3 Å². The molecule has 1 saturated heterocycles. The second-order valence-corrected chi connectivity index (χ2v) is 7.43. The lowest BCUT2D eigenvalue weighted by Crippen LogP contribution is -2.35. The molecule has 3 amide bonds. The first-order valence-corrected chi connectivity index (χ1v) is 9.84. The summed E-state index contributed by atoms with van der Waals surface area (Å²) in [5.74, 6) is 0.365. The molecular formula is C20H30N4O2. The Balaban J connectivity index is 1.53. The van der Waals surface area contributed by atoms with Crippen molar-refractivity contribution in [2.75, 3.05) is 30.3 Å². The van der Waals surface area contributed by atoms with E-state index in [0.717, 1.165) is 56.6 Å². The van der Waals surface area contributed by atoms with Crippen molar-refractivity contribution in [1.29, 1.82) is 0 Å². The molecule has 1 aliphatic heterocycles. The normalized spacial score (nSPS) is 23.3. The minimum atomic E-state index is -0.0413. The molecule has 2 aliphatic rings. The second kappa shape index (κ2) is 9.03. The van der Waals surface area contributed by atoms with Gasteiger partial charge in [0.25, 0.3) is 0 Å². The molecule has 0 radical (unpaired) electrons. The van der Waals surface area contributed by atoms with E-state index in [4.69, 9.17) is 5.73 Å². The number of urea groups is 1. The van der Waals surface area contributed by atoms with Gasteiger partial charge in [0.15, 0.2) is 0 Å². The van der Waals surface area contributed by atoms with Gasteiger partial charge in [0.1, 0.15) is 0 Å². The van der Waals surface area contributed by atoms with Crippen molar-refractivity contribution in [1.82, 2.24) is 4.90 Å². The van der Waals surface area contributed by atoms with Gasteiger partial charge in [0, 0.05) is 30.4 Å². The minimum Gasteiger partial charge on any atom is -0.330 e. The molecular weight excluding hydrogens is 328 g/mol. The number of nitrogens with one attached hydrogen (secondary N) is 2. The Hall–Kier alpha value is -2.08. The van der Waals surface area contributed by atoms with Crippen LogP contribution in [0.4, 0.5) is 16.2 Å². The van der Waals surface area contributed by atoms with E-state index in [-0.39, 0.29) is 17.9 Å². The van der Waals surface area contributed by atoms with Gasteiger partial charge in [0.2, 0.25) is 5.91 Å². The number of anilines is 2. The molecule has 2 fully saturated rings. The van der Waals surface area contributed by atoms with Crippen molar-refractivity contribution in [2.24, 2.45) is 17.6 Å². The molecule has 1 aromatic rings. The Kier molecular flexibility index (Phi) is 6.50. The van der Waals surface area contributed by atoms with Crippen LogP contribution in [-0.2, 0) is 4.79 Å². The predicted octanol–water partition coefficient (Wildman–Crippen LogP) is 3.41. The average Bonchev–Trinajstić information content (AvgIpc) is 2.97. The van der Waals surface area contributed by atoms with Gasteiger partial charge >= 0.3 is 6.03 Å². The minimum absolute atomic E-state index is 0.0161. The van der Waals surface area contributed by atoms with E-state index in [1.807, 2.05) is 29.2 Å². The molecule has 0 bridgehead atoms. The highest BCUT2D eigenvalue weighted by atomic mass is 16.2. The number of hydrogen-bond acceptors (Lipinski definition) is 3. The largest absolute Gasteiger partial charge is 0.330 e. The fraction of sp³-hybridized carbons (Fsp3) is 0.600. The van der Waals surface area contributed by atoms with E-state index in [9.17, 15) is 9.59 Å². The molecule has 0 spiro atoms. The van der Waals surface area contributed by atoms with E-state index < -0.39 is 0 Å². The molecule has 4 N–H and O–H groups in total. The first kappa shape index (κ1) is 18.7. The molecule has 3 rings (SSSR count). The summed E-state index contributed by atoms with van der Waals surface area (Å²) in [7, 11) is 0. The van der Waals surface area contributed by atoms with Gasteiger partial charge in [-0.25, -0.2) is 4.79 Å². The third-order valence-corrected chi connectivity index (χ3v) is 5.60. The second-order valence-electron chi connectivity index (χ2n) is 7.43. The third-order valence-electron chi connectivity index (χ3n) is 5.60. The highest BCUT2D eigenvalue weighted by molar-refractivity contribution is 5.94. The summed E-state index contributed by atoms with van der Waals surface area (Å²) >= 11 is 0. The molecule has 6 heteroatoms. The van der Waals surface area contributed by atoms with E-state index in [1.165, 1.54) is 12.8 Å². The topological polar surface area (TPSA) is 87.5 Å². The van der Waals surface area contributed by atoms with Crippen LogP contribution >= 0.6 is 0 Å². The third kappa shape index (κ3) is 4.75. The fourth-order valence-electron chi connectivity index (χ4n) is 4.01. The number of nitrogens with zero attached hydrogens (tertiary/aromatic N) is 1. The zero-order valence-electron chi connectivity index (χ0n) is 15.4. The maximum atomic E-state index is 12.4. The lowest BCUT2D eigenvalue weighted by Gasteiger charge is -2.21. The van der Waals surface area contributed by atoms with Crippen LogP contribution in [0.3, 0.4) is 0 Å². The molecule has 2 atom stereocenters. The molecule has 0 aromatic heterocycles. The molecule has 1 saturated carbocycles. The van der Waals surface area contributed by atoms with Crippen molar-refractivity contribution in [3.8, 4) is 0 Å². The monoisotopic (exact) mass is 358 g/mol. The van der Waals surface area contributed by atoms with E-state index >= 15 is 0 Å². The fourth-order valence-corrected chi connectivity index (χ4v) is 4.01. The van der Waals surface area contributed by atoms with E-state index in [1.54, 1.807) is 0 Å². The van der Waals surface area contributed by atoms with E-state index in [0.29, 0.717) is 12.5 Å². The number of benzene rings is 1. The van der Waals surface area contributed by atoms with Gasteiger partial charge in [-0.05, 0) is 62.4 Å². The van der Waals surface area contributed by atoms with Gasteiger partial charge < -0.3 is 21.3 Å². The summed E-state index contributed by atoms with van der Waals surface area (Å²) in [5.41, 5.74) is 7.27. The van der Waals surface area contributed by atoms with Crippen LogP contribution in [0.15, 0.2) is 24.3 Å². The first-order valence-electron chi connectivity index (χ1n) is 9.84. The van der Waals surface area contributed by atoms with Gasteiger partial charge in [-0.1, -0.05) is 19.3 Å². The van der Waals surface area contributed by atoms with Crippen LogP contribution < -0.4 is 16.4 Å². The molecule has 1 aliphatic carbocycles. The van der Waals surface area contributed by atoms with Gasteiger partial charge in [-0.2, -0.15) is 0 Å². The van der Waals surface area contributed by atoms with Crippen LogP contribution in [0, 0.1) is 11.8 Å². The van der Waals surface area contributed by atoms with Crippen LogP contribution in [0.2, 0.25) is 0 Å². The summed E-state index contributed by atoms with van der Waals surface area (Å²) in [5, 5.41) is 5.93. The zero-order valence-corrected chi connectivity index (χ0v) is 15.4. The summed E-state index contributed by atoms with van der Waals surface area (Å²) in [6, 6.07) is 7.30. The van der Waals surface area contributed by atoms with Crippen molar-refractivity contribution in [2.45, 2.75) is 44.9 Å². The number of rotatable bonds is 4. The number of likely N-dealkylation sites (tertiary alicyclic amines) is 1. The summed E-state index contributed by atoms with van der Waals surface area (Å²) < 4.78 is 0. The van der Waals surface area contributed by atoms with Gasteiger partial charge in [0.05, 0.1) is 0 Å².